The molecule has 1 aromatic carbocycles. The number of likely N-dealkylation sites (tertiary alicyclic amines) is 1. The number of hydrogen-bond acceptors (Lipinski definition) is 4. The second kappa shape index (κ2) is 9.55. The third-order valence-corrected chi connectivity index (χ3v) is 6.37. The minimum Gasteiger partial charge on any atom is -0.490 e. The first kappa shape index (κ1) is 20.8. The molecule has 0 radical (unpaired) electrons. The van der Waals surface area contributed by atoms with Gasteiger partial charge in [0.1, 0.15) is 11.9 Å². The average molecular weight is 386 g/mol. The zero-order chi connectivity index (χ0) is 20.1. The Labute approximate surface area is 169 Å². The number of piperidine rings is 1. The summed E-state index contributed by atoms with van der Waals surface area (Å²) in [7, 11) is 1.67. The lowest BCUT2D eigenvalue weighted by Crippen LogP contribution is -2.46. The summed E-state index contributed by atoms with van der Waals surface area (Å²) in [5, 5.41) is 5.85. The molecular weight excluding hydrogens is 350 g/mol. The van der Waals surface area contributed by atoms with Crippen molar-refractivity contribution in [3.8, 4) is 5.75 Å². The van der Waals surface area contributed by atoms with Crippen LogP contribution in [0.2, 0.25) is 0 Å². The van der Waals surface area contributed by atoms with E-state index in [0.717, 1.165) is 55.4 Å². The van der Waals surface area contributed by atoms with E-state index in [1.165, 1.54) is 24.3 Å². The summed E-state index contributed by atoms with van der Waals surface area (Å²) < 4.78 is 6.25. The van der Waals surface area contributed by atoms with Crippen LogP contribution in [-0.4, -0.2) is 54.3 Å². The molecule has 0 bridgehead atoms. The van der Waals surface area contributed by atoms with Crippen LogP contribution in [0.4, 0.5) is 0 Å². The number of carbonyl (C=O) groups is 1. The molecule has 1 unspecified atom stereocenters. The quantitative estimate of drug-likeness (QED) is 0.383. The van der Waals surface area contributed by atoms with Gasteiger partial charge in [-0.2, -0.15) is 5.10 Å². The standard InChI is InChI=1S/C23H35N3O2/c1-17(2)18(3)23(24-25(4)16-27)19-8-10-21(11-9-19)28-22-12-14-26(15-13-22)20-6-5-7-20/h8-11,16-18,20,22H,5-7,12-15H2,1-4H3/b24-23+. The van der Waals surface area contributed by atoms with Gasteiger partial charge in [-0.05, 0) is 61.4 Å². The molecule has 3 rings (SSSR count). The first-order valence-electron chi connectivity index (χ1n) is 10.8. The van der Waals surface area contributed by atoms with Crippen LogP contribution in [-0.2, 0) is 4.79 Å². The number of rotatable bonds is 8. The number of benzene rings is 1. The minimum absolute atomic E-state index is 0.255. The van der Waals surface area contributed by atoms with Gasteiger partial charge >= 0.3 is 0 Å². The van der Waals surface area contributed by atoms with Gasteiger partial charge in [-0.3, -0.25) is 4.79 Å². The Kier molecular flexibility index (Phi) is 7.11. The highest BCUT2D eigenvalue weighted by atomic mass is 16.5. The van der Waals surface area contributed by atoms with E-state index in [2.05, 4.69) is 42.9 Å². The van der Waals surface area contributed by atoms with Crippen LogP contribution in [0, 0.1) is 11.8 Å². The smallest absolute Gasteiger partial charge is 0.229 e. The van der Waals surface area contributed by atoms with Crippen molar-refractivity contribution in [2.24, 2.45) is 16.9 Å². The monoisotopic (exact) mass is 385 g/mol. The largest absolute Gasteiger partial charge is 0.490 e. The average Bonchev–Trinajstić information content (AvgIpc) is 2.66. The summed E-state index contributed by atoms with van der Waals surface area (Å²) >= 11 is 0. The van der Waals surface area contributed by atoms with Crippen LogP contribution in [0.15, 0.2) is 29.4 Å². The maximum Gasteiger partial charge on any atom is 0.229 e. The lowest BCUT2D eigenvalue weighted by molar-refractivity contribution is -0.117. The molecule has 1 saturated carbocycles. The Hall–Kier alpha value is -1.88. The predicted molar refractivity (Wildman–Crippen MR) is 114 cm³/mol. The van der Waals surface area contributed by atoms with Gasteiger partial charge in [0.05, 0.1) is 5.71 Å². The Morgan fingerprint density at radius 3 is 2.29 bits per heavy atom. The minimum atomic E-state index is 0.255. The van der Waals surface area contributed by atoms with Crippen LogP contribution in [0.25, 0.3) is 0 Å². The van der Waals surface area contributed by atoms with Crippen molar-refractivity contribution in [3.05, 3.63) is 29.8 Å². The molecule has 154 valence electrons. The van der Waals surface area contributed by atoms with Gasteiger partial charge in [-0.25, -0.2) is 5.01 Å². The lowest BCUT2D eigenvalue weighted by Gasteiger charge is -2.41. The van der Waals surface area contributed by atoms with E-state index < -0.39 is 0 Å². The molecule has 1 aliphatic heterocycles. The van der Waals surface area contributed by atoms with E-state index in [1.54, 1.807) is 7.05 Å². The second-order valence-electron chi connectivity index (χ2n) is 8.66. The number of hydrogen-bond donors (Lipinski definition) is 0. The maximum atomic E-state index is 11.0. The summed E-state index contributed by atoms with van der Waals surface area (Å²) in [5.41, 5.74) is 1.98. The Balaban J connectivity index is 1.61. The molecule has 1 aromatic rings. The molecule has 1 amide bonds. The fourth-order valence-electron chi connectivity index (χ4n) is 3.93. The number of hydrazone groups is 1. The molecule has 1 atom stereocenters. The normalized spacial score (nSPS) is 20.7. The Bertz CT molecular complexity index is 659. The van der Waals surface area contributed by atoms with Gasteiger partial charge in [-0.15, -0.1) is 0 Å². The van der Waals surface area contributed by atoms with E-state index in [0.29, 0.717) is 12.0 Å². The van der Waals surface area contributed by atoms with Crippen LogP contribution < -0.4 is 4.74 Å². The van der Waals surface area contributed by atoms with Gasteiger partial charge in [0.15, 0.2) is 0 Å². The van der Waals surface area contributed by atoms with Gasteiger partial charge in [0.25, 0.3) is 0 Å². The number of amides is 1. The topological polar surface area (TPSA) is 45.1 Å². The molecule has 5 nitrogen and oxygen atoms in total. The maximum absolute atomic E-state index is 11.0. The number of nitrogens with zero attached hydrogens (tertiary/aromatic N) is 3. The van der Waals surface area contributed by atoms with Crippen molar-refractivity contribution < 1.29 is 9.53 Å². The Morgan fingerprint density at radius 2 is 1.79 bits per heavy atom. The first-order chi connectivity index (χ1) is 13.5. The molecule has 1 heterocycles. The van der Waals surface area contributed by atoms with Crippen molar-refractivity contribution in [2.45, 2.75) is 65.0 Å². The van der Waals surface area contributed by atoms with Crippen LogP contribution >= 0.6 is 0 Å². The van der Waals surface area contributed by atoms with E-state index >= 15 is 0 Å². The van der Waals surface area contributed by atoms with Crippen molar-refractivity contribution in [3.63, 3.8) is 0 Å². The number of carbonyl (C=O) groups excluding carboxylic acids is 1. The molecule has 1 aliphatic carbocycles. The number of ether oxygens (including phenoxy) is 1. The molecule has 0 spiro atoms. The molecule has 0 N–H and O–H groups in total. The van der Waals surface area contributed by atoms with Crippen molar-refractivity contribution in [2.75, 3.05) is 20.1 Å². The van der Waals surface area contributed by atoms with Gasteiger partial charge in [-0.1, -0.05) is 27.2 Å². The fourth-order valence-corrected chi connectivity index (χ4v) is 3.93. The molecule has 2 aliphatic rings. The summed E-state index contributed by atoms with van der Waals surface area (Å²) in [6, 6.07) is 9.05. The molecule has 1 saturated heterocycles. The fraction of sp³-hybridized carbons (Fsp3) is 0.652. The van der Waals surface area contributed by atoms with Crippen LogP contribution in [0.5, 0.6) is 5.75 Å². The van der Waals surface area contributed by atoms with Crippen LogP contribution in [0.3, 0.4) is 0 Å². The third kappa shape index (κ3) is 5.13. The van der Waals surface area contributed by atoms with Gasteiger partial charge in [0, 0.05) is 32.1 Å². The first-order valence-corrected chi connectivity index (χ1v) is 10.8. The predicted octanol–water partition coefficient (Wildman–Crippen LogP) is 4.17. The summed E-state index contributed by atoms with van der Waals surface area (Å²) in [6.07, 6.45) is 7.43. The zero-order valence-electron chi connectivity index (χ0n) is 17.8. The van der Waals surface area contributed by atoms with Gasteiger partial charge in [0.2, 0.25) is 6.41 Å². The Morgan fingerprint density at radius 1 is 1.14 bits per heavy atom. The van der Waals surface area contributed by atoms with Crippen molar-refractivity contribution in [1.29, 1.82) is 0 Å². The highest BCUT2D eigenvalue weighted by Gasteiger charge is 2.29. The highest BCUT2D eigenvalue weighted by Crippen LogP contribution is 2.29. The van der Waals surface area contributed by atoms with E-state index in [9.17, 15) is 4.79 Å². The summed E-state index contributed by atoms with van der Waals surface area (Å²) in [5.74, 6) is 1.62. The van der Waals surface area contributed by atoms with E-state index in [4.69, 9.17) is 4.74 Å². The summed E-state index contributed by atoms with van der Waals surface area (Å²) in [6.45, 7) is 8.83. The molecule has 2 fully saturated rings. The van der Waals surface area contributed by atoms with Crippen molar-refractivity contribution >= 4 is 12.1 Å². The van der Waals surface area contributed by atoms with E-state index in [-0.39, 0.29) is 5.92 Å². The lowest BCUT2D eigenvalue weighted by atomic mass is 9.89. The zero-order valence-corrected chi connectivity index (χ0v) is 17.8. The third-order valence-electron chi connectivity index (χ3n) is 6.37. The van der Waals surface area contributed by atoms with Crippen LogP contribution in [0.1, 0.15) is 58.4 Å². The van der Waals surface area contributed by atoms with E-state index in [1.807, 2.05) is 12.1 Å². The highest BCUT2D eigenvalue weighted by molar-refractivity contribution is 6.02. The molecule has 28 heavy (non-hydrogen) atoms. The SMILES string of the molecule is CC(C)C(C)/C(=N\N(C)C=O)c1ccc(OC2CCN(C3CCC3)CC2)cc1. The molecular formula is C23H35N3O2. The second-order valence-corrected chi connectivity index (χ2v) is 8.66. The van der Waals surface area contributed by atoms with Crippen molar-refractivity contribution in [1.82, 2.24) is 9.91 Å². The van der Waals surface area contributed by atoms with Gasteiger partial charge < -0.3 is 9.64 Å². The summed E-state index contributed by atoms with van der Waals surface area (Å²) in [4.78, 5) is 13.7. The molecule has 0 aromatic heterocycles. The molecule has 5 heteroatoms.